The van der Waals surface area contributed by atoms with E-state index in [0.717, 1.165) is 55.5 Å². The molecule has 1 fully saturated rings. The van der Waals surface area contributed by atoms with Crippen molar-refractivity contribution in [3.8, 4) is 17.3 Å². The summed E-state index contributed by atoms with van der Waals surface area (Å²) in [5.41, 5.74) is 3.00. The Morgan fingerprint density at radius 1 is 1.18 bits per heavy atom. The summed E-state index contributed by atoms with van der Waals surface area (Å²) in [6.45, 7) is 5.58. The summed E-state index contributed by atoms with van der Waals surface area (Å²) >= 11 is 1.18. The Kier molecular flexibility index (Phi) is 5.85. The van der Waals surface area contributed by atoms with E-state index in [0.29, 0.717) is 33.3 Å². The maximum atomic E-state index is 13.8. The first-order valence-electron chi connectivity index (χ1n) is 10.9. The summed E-state index contributed by atoms with van der Waals surface area (Å²) in [5, 5.41) is 18.3. The van der Waals surface area contributed by atoms with Crippen molar-refractivity contribution in [1.29, 1.82) is 5.26 Å². The molecule has 0 spiro atoms. The molecular weight excluding hydrogens is 458 g/mol. The lowest BCUT2D eigenvalue weighted by Crippen LogP contribution is -2.43. The molecular formula is C23H22F2N8S. The number of aryl methyl sites for hydroxylation is 1. The van der Waals surface area contributed by atoms with Crippen LogP contribution in [0.25, 0.3) is 16.9 Å². The molecule has 0 saturated carbocycles. The average Bonchev–Trinajstić information content (AvgIpc) is 3.47. The number of aromatic nitrogens is 4. The highest BCUT2D eigenvalue weighted by Gasteiger charge is 2.24. The largest absolute Gasteiger partial charge is 0.354 e. The molecule has 4 aromatic rings. The second-order valence-corrected chi connectivity index (χ2v) is 8.89. The van der Waals surface area contributed by atoms with Gasteiger partial charge in [0.05, 0.1) is 5.69 Å². The van der Waals surface area contributed by atoms with Crippen LogP contribution in [0.4, 0.5) is 25.4 Å². The van der Waals surface area contributed by atoms with Crippen LogP contribution in [0.1, 0.15) is 17.5 Å². The number of benzene rings is 1. The third-order valence-electron chi connectivity index (χ3n) is 5.82. The van der Waals surface area contributed by atoms with Crippen molar-refractivity contribution in [2.45, 2.75) is 13.3 Å². The molecule has 0 amide bonds. The van der Waals surface area contributed by atoms with Gasteiger partial charge in [0, 0.05) is 45.0 Å². The minimum Gasteiger partial charge on any atom is -0.354 e. The van der Waals surface area contributed by atoms with E-state index >= 15 is 0 Å². The number of anilines is 3. The van der Waals surface area contributed by atoms with Crippen LogP contribution in [0.3, 0.4) is 0 Å². The predicted octanol–water partition coefficient (Wildman–Crippen LogP) is 3.74. The number of halogens is 2. The van der Waals surface area contributed by atoms with E-state index in [2.05, 4.69) is 21.3 Å². The fourth-order valence-corrected chi connectivity index (χ4v) is 4.92. The number of nitriles is 1. The molecule has 0 unspecified atom stereocenters. The second kappa shape index (κ2) is 8.96. The van der Waals surface area contributed by atoms with E-state index in [4.69, 9.17) is 10.1 Å². The van der Waals surface area contributed by atoms with Gasteiger partial charge in [0.25, 0.3) is 0 Å². The highest BCUT2D eigenvalue weighted by molar-refractivity contribution is 7.16. The lowest BCUT2D eigenvalue weighted by molar-refractivity contribution is 0.509. The Morgan fingerprint density at radius 2 is 1.97 bits per heavy atom. The maximum Gasteiger partial charge on any atom is 0.191 e. The van der Waals surface area contributed by atoms with Gasteiger partial charge in [-0.15, -0.1) is 0 Å². The zero-order valence-electron chi connectivity index (χ0n) is 18.7. The summed E-state index contributed by atoms with van der Waals surface area (Å²) in [5.74, 6) is -1.05. The number of rotatable bonds is 5. The number of fused-ring (bicyclic) bond motifs is 1. The number of hydrogen-bond donors (Lipinski definition) is 1. The van der Waals surface area contributed by atoms with Crippen molar-refractivity contribution in [3.05, 3.63) is 52.7 Å². The molecule has 3 aromatic heterocycles. The summed E-state index contributed by atoms with van der Waals surface area (Å²) in [4.78, 5) is 14.0. The summed E-state index contributed by atoms with van der Waals surface area (Å²) in [7, 11) is 1.85. The normalized spacial score (nSPS) is 13.9. The molecule has 0 bridgehead atoms. The van der Waals surface area contributed by atoms with E-state index < -0.39 is 11.6 Å². The van der Waals surface area contributed by atoms with E-state index in [1.54, 1.807) is 4.52 Å². The number of hydrogen-bond acceptors (Lipinski definition) is 8. The quantitative estimate of drug-likeness (QED) is 0.466. The lowest BCUT2D eigenvalue weighted by atomic mass is 10.1. The van der Waals surface area contributed by atoms with Crippen molar-refractivity contribution < 1.29 is 8.78 Å². The fraction of sp³-hybridized carbons (Fsp3) is 0.304. The Hall–Kier alpha value is -3.62. The molecule has 1 aliphatic heterocycles. The molecule has 1 N–H and O–H groups in total. The molecule has 8 nitrogen and oxygen atoms in total. The molecule has 0 aliphatic carbocycles. The molecule has 11 heteroatoms. The van der Waals surface area contributed by atoms with Crippen LogP contribution in [0.5, 0.6) is 0 Å². The highest BCUT2D eigenvalue weighted by atomic mass is 32.1. The number of nitrogens with one attached hydrogen (secondary N) is 1. The van der Waals surface area contributed by atoms with Crippen LogP contribution in [0.2, 0.25) is 0 Å². The van der Waals surface area contributed by atoms with Crippen LogP contribution < -0.4 is 15.1 Å². The fourth-order valence-electron chi connectivity index (χ4n) is 4.07. The summed E-state index contributed by atoms with van der Waals surface area (Å²) in [6.07, 6.45) is 2.59. The smallest absolute Gasteiger partial charge is 0.191 e. The van der Waals surface area contributed by atoms with E-state index in [9.17, 15) is 14.0 Å². The molecule has 4 heterocycles. The topological polar surface area (TPSA) is 85.4 Å². The molecule has 0 radical (unpaired) electrons. The molecule has 1 aliphatic rings. The standard InChI is InChI=1S/C23H22F2N8S/c1-3-17-21(22-28-19(6-9-33(22)30-17)32-10-7-27-8-11-32)31(2)23-29-20(18(13-26)34-23)14-4-5-15(24)16(25)12-14/h4-6,9,12,27H,3,7-8,10-11H2,1-2H3. The van der Waals surface area contributed by atoms with Crippen molar-refractivity contribution in [3.63, 3.8) is 0 Å². The van der Waals surface area contributed by atoms with Crippen molar-refractivity contribution in [1.82, 2.24) is 24.9 Å². The number of piperazine rings is 1. The van der Waals surface area contributed by atoms with Gasteiger partial charge in [-0.3, -0.25) is 0 Å². The SMILES string of the molecule is CCc1nn2ccc(N3CCNCC3)nc2c1N(C)c1nc(-c2ccc(F)c(F)c2)c(C#N)s1. The van der Waals surface area contributed by atoms with Gasteiger partial charge in [-0.05, 0) is 30.7 Å². The third kappa shape index (κ3) is 3.85. The Bertz CT molecular complexity index is 1400. The highest BCUT2D eigenvalue weighted by Crippen LogP contribution is 2.38. The van der Waals surface area contributed by atoms with Crippen molar-refractivity contribution in [2.24, 2.45) is 0 Å². The van der Waals surface area contributed by atoms with Crippen molar-refractivity contribution >= 4 is 33.6 Å². The van der Waals surface area contributed by atoms with E-state index in [1.165, 1.54) is 17.4 Å². The van der Waals surface area contributed by atoms with Crippen LogP contribution in [-0.4, -0.2) is 52.8 Å². The summed E-state index contributed by atoms with van der Waals surface area (Å²) in [6, 6.07) is 7.62. The molecule has 0 atom stereocenters. The van der Waals surface area contributed by atoms with Crippen molar-refractivity contribution in [2.75, 3.05) is 43.0 Å². The first-order valence-corrected chi connectivity index (χ1v) is 11.8. The predicted molar refractivity (Wildman–Crippen MR) is 128 cm³/mol. The van der Waals surface area contributed by atoms with Gasteiger partial charge in [0.15, 0.2) is 22.4 Å². The van der Waals surface area contributed by atoms with Gasteiger partial charge in [-0.1, -0.05) is 18.3 Å². The number of thiazole rings is 1. The van der Waals surface area contributed by atoms with Gasteiger partial charge in [-0.25, -0.2) is 23.3 Å². The third-order valence-corrected chi connectivity index (χ3v) is 6.86. The van der Waals surface area contributed by atoms with Gasteiger partial charge < -0.3 is 15.1 Å². The average molecular weight is 481 g/mol. The first-order chi connectivity index (χ1) is 16.5. The minimum absolute atomic E-state index is 0.317. The molecule has 1 aromatic carbocycles. The zero-order valence-corrected chi connectivity index (χ0v) is 19.5. The Balaban J connectivity index is 1.58. The van der Waals surface area contributed by atoms with Crippen LogP contribution in [-0.2, 0) is 6.42 Å². The van der Waals surface area contributed by atoms with Gasteiger partial charge in [0.2, 0.25) is 0 Å². The Labute approximate surface area is 199 Å². The maximum absolute atomic E-state index is 13.8. The van der Waals surface area contributed by atoms with Crippen LogP contribution in [0.15, 0.2) is 30.5 Å². The Morgan fingerprint density at radius 3 is 2.68 bits per heavy atom. The first kappa shape index (κ1) is 22.2. The summed E-state index contributed by atoms with van der Waals surface area (Å²) < 4.78 is 29.0. The molecule has 1 saturated heterocycles. The second-order valence-electron chi connectivity index (χ2n) is 7.91. The monoisotopic (exact) mass is 480 g/mol. The zero-order chi connectivity index (χ0) is 23.8. The van der Waals surface area contributed by atoms with Gasteiger partial charge in [-0.2, -0.15) is 10.4 Å². The minimum atomic E-state index is -0.982. The van der Waals surface area contributed by atoms with Gasteiger partial charge in [0.1, 0.15) is 28.1 Å². The molecule has 34 heavy (non-hydrogen) atoms. The van der Waals surface area contributed by atoms with E-state index in [1.807, 2.05) is 31.1 Å². The van der Waals surface area contributed by atoms with Gasteiger partial charge >= 0.3 is 0 Å². The lowest BCUT2D eigenvalue weighted by Gasteiger charge is -2.28. The van der Waals surface area contributed by atoms with E-state index in [-0.39, 0.29) is 0 Å². The van der Waals surface area contributed by atoms with Crippen LogP contribution in [0, 0.1) is 23.0 Å². The van der Waals surface area contributed by atoms with Crippen LogP contribution >= 0.6 is 11.3 Å². The molecule has 174 valence electrons. The molecule has 5 rings (SSSR count). The number of nitrogens with zero attached hydrogens (tertiary/aromatic N) is 7.